The zero-order chi connectivity index (χ0) is 7.84. The number of nitrogen functional groups attached to an aromatic ring is 1. The van der Waals surface area contributed by atoms with E-state index in [9.17, 15) is 4.79 Å². The number of benzene rings is 1. The molecule has 0 bridgehead atoms. The average Bonchev–Trinajstić information content (AvgIpc) is 2.31. The van der Waals surface area contributed by atoms with Crippen LogP contribution < -0.4 is 5.73 Å². The predicted molar refractivity (Wildman–Crippen MR) is 43.3 cm³/mol. The molecule has 2 N–H and O–H groups in total. The van der Waals surface area contributed by atoms with Gasteiger partial charge in [0.05, 0.1) is 0 Å². The Labute approximate surface area is 65.0 Å². The summed E-state index contributed by atoms with van der Waals surface area (Å²) in [6.07, 6.45) is 1.10. The van der Waals surface area contributed by atoms with Crippen LogP contribution in [0, 0.1) is 0 Å². The lowest BCUT2D eigenvalue weighted by molar-refractivity contribution is -0.117. The largest absolute Gasteiger partial charge is 0.398 e. The van der Waals surface area contributed by atoms with Crippen LogP contribution in [-0.2, 0) is 17.6 Å². The first-order chi connectivity index (χ1) is 5.27. The van der Waals surface area contributed by atoms with Crippen molar-refractivity contribution < 1.29 is 4.79 Å². The highest BCUT2D eigenvalue weighted by molar-refractivity contribution is 5.89. The zero-order valence-electron chi connectivity index (χ0n) is 6.13. The van der Waals surface area contributed by atoms with Gasteiger partial charge in [0.2, 0.25) is 0 Å². The third-order valence-corrected chi connectivity index (χ3v) is 2.07. The van der Waals surface area contributed by atoms with Gasteiger partial charge in [-0.2, -0.15) is 0 Å². The van der Waals surface area contributed by atoms with E-state index < -0.39 is 0 Å². The Morgan fingerprint density at radius 2 is 2.09 bits per heavy atom. The molecule has 0 amide bonds. The van der Waals surface area contributed by atoms with E-state index in [4.69, 9.17) is 5.73 Å². The van der Waals surface area contributed by atoms with Crippen LogP contribution in [0.4, 0.5) is 5.69 Å². The number of ketones is 1. The van der Waals surface area contributed by atoms with Gasteiger partial charge in [-0.3, -0.25) is 4.79 Å². The molecule has 0 unspecified atom stereocenters. The second-order valence-electron chi connectivity index (χ2n) is 2.88. The normalized spacial score (nSPS) is 15.1. The summed E-state index contributed by atoms with van der Waals surface area (Å²) in [6.45, 7) is 0. The van der Waals surface area contributed by atoms with Crippen molar-refractivity contribution in [3.05, 3.63) is 29.3 Å². The van der Waals surface area contributed by atoms with Crippen molar-refractivity contribution in [2.75, 3.05) is 5.73 Å². The fourth-order valence-electron chi connectivity index (χ4n) is 1.51. The molecule has 1 aromatic rings. The van der Waals surface area contributed by atoms with E-state index >= 15 is 0 Å². The quantitative estimate of drug-likeness (QED) is 0.555. The molecule has 2 nitrogen and oxygen atoms in total. The molecule has 0 aliphatic heterocycles. The monoisotopic (exact) mass is 147 g/mol. The molecule has 0 heterocycles. The Hall–Kier alpha value is -1.31. The van der Waals surface area contributed by atoms with Gasteiger partial charge in [-0.1, -0.05) is 12.1 Å². The maximum atomic E-state index is 11.0. The number of hydrogen-bond donors (Lipinski definition) is 1. The molecule has 2 rings (SSSR count). The van der Waals surface area contributed by atoms with Crippen LogP contribution in [-0.4, -0.2) is 5.78 Å². The van der Waals surface area contributed by atoms with Crippen molar-refractivity contribution in [2.24, 2.45) is 0 Å². The summed E-state index contributed by atoms with van der Waals surface area (Å²) in [5.74, 6) is 0.276. The highest BCUT2D eigenvalue weighted by Crippen LogP contribution is 2.24. The highest BCUT2D eigenvalue weighted by atomic mass is 16.1. The summed E-state index contributed by atoms with van der Waals surface area (Å²) in [5.41, 5.74) is 8.59. The first-order valence-corrected chi connectivity index (χ1v) is 3.65. The maximum Gasteiger partial charge on any atom is 0.141 e. The van der Waals surface area contributed by atoms with E-state index in [1.807, 2.05) is 18.2 Å². The van der Waals surface area contributed by atoms with Crippen LogP contribution in [0.1, 0.15) is 11.1 Å². The summed E-state index contributed by atoms with van der Waals surface area (Å²) in [4.78, 5) is 11.0. The van der Waals surface area contributed by atoms with Crippen molar-refractivity contribution in [3.63, 3.8) is 0 Å². The van der Waals surface area contributed by atoms with Gasteiger partial charge in [0.1, 0.15) is 5.78 Å². The molecule has 0 atom stereocenters. The van der Waals surface area contributed by atoms with Gasteiger partial charge in [0.25, 0.3) is 0 Å². The summed E-state index contributed by atoms with van der Waals surface area (Å²) >= 11 is 0. The molecular weight excluding hydrogens is 138 g/mol. The van der Waals surface area contributed by atoms with Crippen LogP contribution in [0.2, 0.25) is 0 Å². The van der Waals surface area contributed by atoms with Crippen LogP contribution in [0.15, 0.2) is 18.2 Å². The minimum Gasteiger partial charge on any atom is -0.398 e. The van der Waals surface area contributed by atoms with E-state index in [0.717, 1.165) is 16.8 Å². The minimum absolute atomic E-state index is 0.276. The van der Waals surface area contributed by atoms with Gasteiger partial charge in [-0.25, -0.2) is 0 Å². The third kappa shape index (κ3) is 0.909. The third-order valence-electron chi connectivity index (χ3n) is 2.07. The zero-order valence-corrected chi connectivity index (χ0v) is 6.13. The molecule has 1 aliphatic carbocycles. The molecule has 0 aromatic heterocycles. The second-order valence-corrected chi connectivity index (χ2v) is 2.88. The number of nitrogens with two attached hydrogens (primary N) is 1. The van der Waals surface area contributed by atoms with Gasteiger partial charge in [-0.15, -0.1) is 0 Å². The molecule has 2 heteroatoms. The van der Waals surface area contributed by atoms with E-state index in [0.29, 0.717) is 12.8 Å². The van der Waals surface area contributed by atoms with E-state index in [-0.39, 0.29) is 5.78 Å². The van der Waals surface area contributed by atoms with Crippen LogP contribution in [0.25, 0.3) is 0 Å². The van der Waals surface area contributed by atoms with Crippen molar-refractivity contribution in [3.8, 4) is 0 Å². The summed E-state index contributed by atoms with van der Waals surface area (Å²) in [6, 6.07) is 5.71. The molecule has 0 radical (unpaired) electrons. The smallest absolute Gasteiger partial charge is 0.141 e. The second kappa shape index (κ2) is 2.09. The number of hydrogen-bond acceptors (Lipinski definition) is 2. The topological polar surface area (TPSA) is 43.1 Å². The van der Waals surface area contributed by atoms with E-state index in [1.165, 1.54) is 0 Å². The van der Waals surface area contributed by atoms with Crippen molar-refractivity contribution in [2.45, 2.75) is 12.8 Å². The molecule has 1 aromatic carbocycles. The SMILES string of the molecule is Nc1cccc2c1CC(=O)C2. The fraction of sp³-hybridized carbons (Fsp3) is 0.222. The number of anilines is 1. The van der Waals surface area contributed by atoms with Gasteiger partial charge >= 0.3 is 0 Å². The lowest BCUT2D eigenvalue weighted by atomic mass is 10.1. The molecule has 1 aliphatic rings. The minimum atomic E-state index is 0.276. The molecule has 11 heavy (non-hydrogen) atoms. The average molecular weight is 147 g/mol. The Morgan fingerprint density at radius 3 is 2.82 bits per heavy atom. The van der Waals surface area contributed by atoms with Crippen molar-refractivity contribution >= 4 is 11.5 Å². The molecular formula is C9H9NO. The van der Waals surface area contributed by atoms with Crippen LogP contribution in [0.5, 0.6) is 0 Å². The standard InChI is InChI=1S/C9H9NO/c10-9-3-1-2-6-4-7(11)5-8(6)9/h1-3H,4-5,10H2. The van der Waals surface area contributed by atoms with Crippen LogP contribution in [0.3, 0.4) is 0 Å². The Balaban J connectivity index is 2.57. The number of carbonyl (C=O) groups is 1. The van der Waals surface area contributed by atoms with Crippen LogP contribution >= 0.6 is 0 Å². The number of fused-ring (bicyclic) bond motifs is 1. The van der Waals surface area contributed by atoms with E-state index in [2.05, 4.69) is 0 Å². The molecule has 0 saturated carbocycles. The fourth-order valence-corrected chi connectivity index (χ4v) is 1.51. The lowest BCUT2D eigenvalue weighted by Gasteiger charge is -1.99. The van der Waals surface area contributed by atoms with Gasteiger partial charge in [-0.05, 0) is 17.2 Å². The van der Waals surface area contributed by atoms with E-state index in [1.54, 1.807) is 0 Å². The van der Waals surface area contributed by atoms with Crippen molar-refractivity contribution in [1.29, 1.82) is 0 Å². The van der Waals surface area contributed by atoms with Gasteiger partial charge < -0.3 is 5.73 Å². The molecule has 0 spiro atoms. The lowest BCUT2D eigenvalue weighted by Crippen LogP contribution is -1.95. The molecule has 0 saturated heterocycles. The first kappa shape index (κ1) is 6.40. The summed E-state index contributed by atoms with van der Waals surface area (Å²) in [7, 11) is 0. The van der Waals surface area contributed by atoms with Crippen molar-refractivity contribution in [1.82, 2.24) is 0 Å². The highest BCUT2D eigenvalue weighted by Gasteiger charge is 2.19. The molecule has 56 valence electrons. The van der Waals surface area contributed by atoms with Gasteiger partial charge in [0, 0.05) is 18.5 Å². The number of carbonyl (C=O) groups excluding carboxylic acids is 1. The Bertz CT molecular complexity index is 317. The molecule has 0 fully saturated rings. The van der Waals surface area contributed by atoms with Gasteiger partial charge in [0.15, 0.2) is 0 Å². The number of Topliss-reactive ketones (excluding diaryl/α,β-unsaturated/α-hetero) is 1. The first-order valence-electron chi connectivity index (χ1n) is 3.65. The maximum absolute atomic E-state index is 11.0. The number of rotatable bonds is 0. The summed E-state index contributed by atoms with van der Waals surface area (Å²) in [5, 5.41) is 0. The Morgan fingerprint density at radius 1 is 1.27 bits per heavy atom. The Kier molecular flexibility index (Phi) is 1.22. The predicted octanol–water partition coefficient (Wildman–Crippen LogP) is 0.937. The summed E-state index contributed by atoms with van der Waals surface area (Å²) < 4.78 is 0.